The van der Waals surface area contributed by atoms with E-state index >= 15 is 0 Å². The predicted molar refractivity (Wildman–Crippen MR) is 131 cm³/mol. The van der Waals surface area contributed by atoms with Crippen molar-refractivity contribution in [3.05, 3.63) is 98.1 Å². The summed E-state index contributed by atoms with van der Waals surface area (Å²) in [5, 5.41) is 6.13. The summed E-state index contributed by atoms with van der Waals surface area (Å²) in [7, 11) is 0. The highest BCUT2D eigenvalue weighted by atomic mass is 35.5. The minimum Gasteiger partial charge on any atom is -0.350 e. The van der Waals surface area contributed by atoms with Gasteiger partial charge in [-0.1, -0.05) is 64.6 Å². The fourth-order valence-electron chi connectivity index (χ4n) is 3.11. The van der Waals surface area contributed by atoms with Crippen LogP contribution < -0.4 is 15.5 Å². The van der Waals surface area contributed by atoms with E-state index in [0.29, 0.717) is 22.0 Å². The maximum atomic E-state index is 13.0. The fraction of sp³-hybridized carbons (Fsp3) is 0. The van der Waals surface area contributed by atoms with Gasteiger partial charge in [-0.15, -0.1) is 0 Å². The van der Waals surface area contributed by atoms with Crippen molar-refractivity contribution >= 4 is 81.2 Å². The van der Waals surface area contributed by atoms with Gasteiger partial charge in [-0.2, -0.15) is 0 Å². The first kappa shape index (κ1) is 23.1. The van der Waals surface area contributed by atoms with Crippen molar-refractivity contribution in [3.63, 3.8) is 0 Å². The lowest BCUT2D eigenvalue weighted by atomic mass is 10.1. The summed E-state index contributed by atoms with van der Waals surface area (Å²) >= 11 is 24.2. The minimum absolute atomic E-state index is 0.128. The number of benzene rings is 3. The predicted octanol–water partition coefficient (Wildman–Crippen LogP) is 6.33. The average molecular weight is 521 g/mol. The molecule has 1 heterocycles. The molecule has 33 heavy (non-hydrogen) atoms. The molecule has 0 radical (unpaired) electrons. The molecule has 0 fully saturated rings. The Morgan fingerprint density at radius 1 is 0.758 bits per heavy atom. The monoisotopic (exact) mass is 519 g/mol. The quantitative estimate of drug-likeness (QED) is 0.385. The smallest absolute Gasteiger partial charge is 0.283 e. The number of halogens is 4. The van der Waals surface area contributed by atoms with Gasteiger partial charge in [0, 0.05) is 11.3 Å². The number of imide groups is 1. The van der Waals surface area contributed by atoms with Crippen molar-refractivity contribution in [2.75, 3.05) is 15.5 Å². The van der Waals surface area contributed by atoms with Gasteiger partial charge in [0.1, 0.15) is 10.7 Å². The Hall–Kier alpha value is -3.03. The van der Waals surface area contributed by atoms with E-state index in [9.17, 15) is 14.4 Å². The number of rotatable bonds is 5. The molecule has 0 saturated carbocycles. The Balaban J connectivity index is 1.56. The lowest BCUT2D eigenvalue weighted by Gasteiger charge is -2.16. The van der Waals surface area contributed by atoms with Crippen LogP contribution in [0.5, 0.6) is 0 Å². The topological polar surface area (TPSA) is 78.5 Å². The van der Waals surface area contributed by atoms with Crippen molar-refractivity contribution in [3.8, 4) is 0 Å². The number of anilines is 3. The molecular weight excluding hydrogens is 508 g/mol. The number of hydrogen-bond acceptors (Lipinski definition) is 4. The summed E-state index contributed by atoms with van der Waals surface area (Å²) in [6.45, 7) is 0. The molecule has 0 aliphatic carbocycles. The van der Waals surface area contributed by atoms with Gasteiger partial charge in [-0.25, -0.2) is 4.90 Å². The number of amides is 3. The van der Waals surface area contributed by atoms with Crippen LogP contribution in [0.4, 0.5) is 17.1 Å². The van der Waals surface area contributed by atoms with E-state index in [1.54, 1.807) is 42.5 Å². The molecule has 0 unspecified atom stereocenters. The van der Waals surface area contributed by atoms with E-state index in [4.69, 9.17) is 46.4 Å². The average Bonchev–Trinajstić information content (AvgIpc) is 3.00. The normalized spacial score (nSPS) is 13.5. The molecule has 0 aromatic heterocycles. The molecule has 3 aromatic rings. The summed E-state index contributed by atoms with van der Waals surface area (Å²) in [6.07, 6.45) is 0. The first-order valence-electron chi connectivity index (χ1n) is 9.43. The third kappa shape index (κ3) is 4.70. The van der Waals surface area contributed by atoms with Crippen LogP contribution in [0.25, 0.3) is 0 Å². The fourth-order valence-corrected chi connectivity index (χ4v) is 3.80. The molecule has 6 nitrogen and oxygen atoms in total. The molecule has 0 atom stereocenters. The molecule has 166 valence electrons. The summed E-state index contributed by atoms with van der Waals surface area (Å²) in [6, 6.07) is 17.5. The van der Waals surface area contributed by atoms with Crippen molar-refractivity contribution in [2.24, 2.45) is 0 Å². The molecule has 10 heteroatoms. The van der Waals surface area contributed by atoms with Gasteiger partial charge in [0.15, 0.2) is 0 Å². The van der Waals surface area contributed by atoms with Gasteiger partial charge in [0.05, 0.1) is 26.4 Å². The first-order valence-corrected chi connectivity index (χ1v) is 10.9. The lowest BCUT2D eigenvalue weighted by molar-refractivity contribution is -0.120. The van der Waals surface area contributed by atoms with E-state index in [1.807, 2.05) is 0 Å². The summed E-state index contributed by atoms with van der Waals surface area (Å²) in [4.78, 5) is 39.1. The van der Waals surface area contributed by atoms with Gasteiger partial charge < -0.3 is 10.6 Å². The highest BCUT2D eigenvalue weighted by molar-refractivity contribution is 6.53. The number of nitrogens with one attached hydrogen (secondary N) is 2. The molecule has 2 N–H and O–H groups in total. The molecule has 0 saturated heterocycles. The SMILES string of the molecule is O=C(Nc1ccccc1Cl)c1cccc(NC2=C(Cl)C(=O)N(c3ccc(Cl)c(Cl)c3)C2=O)c1. The molecule has 1 aliphatic rings. The number of carbonyl (C=O) groups is 3. The van der Waals surface area contributed by atoms with Crippen LogP contribution in [-0.2, 0) is 9.59 Å². The second kappa shape index (κ2) is 9.45. The lowest BCUT2D eigenvalue weighted by Crippen LogP contribution is -2.32. The third-order valence-electron chi connectivity index (χ3n) is 4.70. The highest BCUT2D eigenvalue weighted by Crippen LogP contribution is 2.33. The Bertz CT molecular complexity index is 1340. The zero-order valence-electron chi connectivity index (χ0n) is 16.5. The maximum Gasteiger partial charge on any atom is 0.283 e. The summed E-state index contributed by atoms with van der Waals surface area (Å²) in [5.74, 6) is -1.79. The zero-order valence-corrected chi connectivity index (χ0v) is 19.6. The van der Waals surface area contributed by atoms with Gasteiger partial charge in [0.2, 0.25) is 0 Å². The molecule has 0 spiro atoms. The molecular formula is C23H13Cl4N3O3. The third-order valence-corrected chi connectivity index (χ3v) is 6.12. The molecule has 3 amide bonds. The highest BCUT2D eigenvalue weighted by Gasteiger charge is 2.39. The first-order chi connectivity index (χ1) is 15.8. The molecule has 4 rings (SSSR count). The van der Waals surface area contributed by atoms with Crippen molar-refractivity contribution in [1.82, 2.24) is 0 Å². The van der Waals surface area contributed by atoms with Crippen LogP contribution in [0, 0.1) is 0 Å². The van der Waals surface area contributed by atoms with Gasteiger partial charge in [-0.05, 0) is 48.5 Å². The van der Waals surface area contributed by atoms with Gasteiger partial charge >= 0.3 is 0 Å². The number of nitrogens with zero attached hydrogens (tertiary/aromatic N) is 1. The van der Waals surface area contributed by atoms with Crippen LogP contribution in [0.3, 0.4) is 0 Å². The van der Waals surface area contributed by atoms with Crippen LogP contribution in [0.15, 0.2) is 77.5 Å². The van der Waals surface area contributed by atoms with Crippen LogP contribution in [0.1, 0.15) is 10.4 Å². The maximum absolute atomic E-state index is 13.0. The van der Waals surface area contributed by atoms with Crippen molar-refractivity contribution < 1.29 is 14.4 Å². The van der Waals surface area contributed by atoms with Crippen molar-refractivity contribution in [2.45, 2.75) is 0 Å². The Labute approximate surface area is 208 Å². The van der Waals surface area contributed by atoms with Crippen LogP contribution >= 0.6 is 46.4 Å². The molecule has 0 bridgehead atoms. The van der Waals surface area contributed by atoms with E-state index in [2.05, 4.69) is 10.6 Å². The van der Waals surface area contributed by atoms with Crippen LogP contribution in [0.2, 0.25) is 15.1 Å². The Morgan fingerprint density at radius 2 is 1.52 bits per heavy atom. The van der Waals surface area contributed by atoms with Gasteiger partial charge in [-0.3, -0.25) is 14.4 Å². The number of para-hydroxylation sites is 1. The van der Waals surface area contributed by atoms with E-state index in [1.165, 1.54) is 24.3 Å². The van der Waals surface area contributed by atoms with E-state index < -0.39 is 17.7 Å². The van der Waals surface area contributed by atoms with E-state index in [0.717, 1.165) is 4.90 Å². The standard InChI is InChI=1S/C23H13Cl4N3O3/c24-15-9-8-14(11-17(15)26)30-22(32)19(27)20(23(30)33)28-13-5-3-4-12(10-13)21(31)29-18-7-2-1-6-16(18)25/h1-11,28H,(H,29,31). The van der Waals surface area contributed by atoms with Gasteiger partial charge in [0.25, 0.3) is 17.7 Å². The largest absolute Gasteiger partial charge is 0.350 e. The summed E-state index contributed by atoms with van der Waals surface area (Å²) < 4.78 is 0. The van der Waals surface area contributed by atoms with E-state index in [-0.39, 0.29) is 26.5 Å². The Kier molecular flexibility index (Phi) is 6.63. The Morgan fingerprint density at radius 3 is 2.24 bits per heavy atom. The minimum atomic E-state index is -0.713. The number of carbonyl (C=O) groups excluding carboxylic acids is 3. The molecule has 1 aliphatic heterocycles. The summed E-state index contributed by atoms with van der Waals surface area (Å²) in [5.41, 5.74) is 1.24. The molecule has 3 aromatic carbocycles. The van der Waals surface area contributed by atoms with Crippen LogP contribution in [-0.4, -0.2) is 17.7 Å². The number of hydrogen-bond donors (Lipinski definition) is 2. The second-order valence-corrected chi connectivity index (χ2v) is 8.47. The second-order valence-electron chi connectivity index (χ2n) is 6.87. The van der Waals surface area contributed by atoms with Crippen molar-refractivity contribution in [1.29, 1.82) is 0 Å². The zero-order chi connectivity index (χ0) is 23.7.